The largest absolute Gasteiger partial charge is 0.383 e. The van der Waals surface area contributed by atoms with Gasteiger partial charge in [0.25, 0.3) is 0 Å². The summed E-state index contributed by atoms with van der Waals surface area (Å²) in [5.41, 5.74) is 7.00. The van der Waals surface area contributed by atoms with Crippen LogP contribution in [-0.2, 0) is 6.42 Å². The number of nitrogen functional groups attached to an aromatic ring is 1. The number of anilines is 2. The van der Waals surface area contributed by atoms with E-state index in [2.05, 4.69) is 15.3 Å². The Hall–Kier alpha value is -2.24. The van der Waals surface area contributed by atoms with Crippen LogP contribution in [0.15, 0.2) is 24.5 Å². The fraction of sp³-hybridized carbons (Fsp3) is 0.231. The van der Waals surface area contributed by atoms with Crippen molar-refractivity contribution in [1.29, 1.82) is 0 Å². The van der Waals surface area contributed by atoms with Gasteiger partial charge in [-0.3, -0.25) is 0 Å². The number of rotatable bonds is 4. The highest BCUT2D eigenvalue weighted by Crippen LogP contribution is 2.15. The molecular weight excluding hydrogens is 250 g/mol. The topological polar surface area (TPSA) is 63.8 Å². The van der Waals surface area contributed by atoms with Gasteiger partial charge in [0.1, 0.15) is 29.6 Å². The predicted molar refractivity (Wildman–Crippen MR) is 69.7 cm³/mol. The molecule has 0 saturated carbocycles. The van der Waals surface area contributed by atoms with Gasteiger partial charge in [0.05, 0.1) is 0 Å². The van der Waals surface area contributed by atoms with Crippen molar-refractivity contribution in [2.75, 3.05) is 17.6 Å². The molecule has 3 N–H and O–H groups in total. The summed E-state index contributed by atoms with van der Waals surface area (Å²) in [6.45, 7) is 2.31. The molecule has 0 fully saturated rings. The van der Waals surface area contributed by atoms with Crippen LogP contribution in [0.3, 0.4) is 0 Å². The van der Waals surface area contributed by atoms with Gasteiger partial charge < -0.3 is 11.1 Å². The minimum Gasteiger partial charge on any atom is -0.383 e. The smallest absolute Gasteiger partial charge is 0.134 e. The van der Waals surface area contributed by atoms with E-state index in [1.807, 2.05) is 0 Å². The van der Waals surface area contributed by atoms with Crippen LogP contribution < -0.4 is 11.1 Å². The molecule has 2 aromatic rings. The predicted octanol–water partition coefficient (Wildman–Crippen LogP) is 2.30. The van der Waals surface area contributed by atoms with Crippen LogP contribution in [0.1, 0.15) is 11.1 Å². The maximum Gasteiger partial charge on any atom is 0.134 e. The van der Waals surface area contributed by atoms with E-state index in [1.165, 1.54) is 18.5 Å². The number of hydrogen-bond donors (Lipinski definition) is 2. The second kappa shape index (κ2) is 5.60. The lowest BCUT2D eigenvalue weighted by molar-refractivity contribution is 0.580. The van der Waals surface area contributed by atoms with Gasteiger partial charge in [-0.05, 0) is 31.0 Å². The Morgan fingerprint density at radius 1 is 1.16 bits per heavy atom. The molecule has 1 aromatic heterocycles. The highest BCUT2D eigenvalue weighted by atomic mass is 19.1. The van der Waals surface area contributed by atoms with Crippen LogP contribution in [-0.4, -0.2) is 16.5 Å². The second-order valence-electron chi connectivity index (χ2n) is 4.19. The fourth-order valence-corrected chi connectivity index (χ4v) is 1.72. The molecule has 0 aliphatic rings. The van der Waals surface area contributed by atoms with Crippen LogP contribution in [0.25, 0.3) is 0 Å². The van der Waals surface area contributed by atoms with E-state index < -0.39 is 11.6 Å². The third-order valence-electron chi connectivity index (χ3n) is 2.75. The molecule has 6 heteroatoms. The Labute approximate surface area is 109 Å². The van der Waals surface area contributed by atoms with Crippen molar-refractivity contribution in [3.63, 3.8) is 0 Å². The first kappa shape index (κ1) is 13.2. The Morgan fingerprint density at radius 3 is 2.53 bits per heavy atom. The maximum atomic E-state index is 13.0. The van der Waals surface area contributed by atoms with Crippen molar-refractivity contribution in [2.45, 2.75) is 13.3 Å². The highest BCUT2D eigenvalue weighted by Gasteiger charge is 2.04. The van der Waals surface area contributed by atoms with Crippen molar-refractivity contribution in [1.82, 2.24) is 9.97 Å². The van der Waals surface area contributed by atoms with Crippen molar-refractivity contribution >= 4 is 11.6 Å². The molecule has 1 aromatic carbocycles. The zero-order chi connectivity index (χ0) is 13.8. The average molecular weight is 264 g/mol. The quantitative estimate of drug-likeness (QED) is 0.889. The Morgan fingerprint density at radius 2 is 1.84 bits per heavy atom. The second-order valence-corrected chi connectivity index (χ2v) is 4.19. The molecule has 0 radical (unpaired) electrons. The summed E-state index contributed by atoms with van der Waals surface area (Å²) >= 11 is 0. The summed E-state index contributed by atoms with van der Waals surface area (Å²) in [4.78, 5) is 7.91. The number of benzene rings is 1. The summed E-state index contributed by atoms with van der Waals surface area (Å²) in [5.74, 6) is -0.103. The molecule has 100 valence electrons. The number of nitrogens with two attached hydrogens (primary N) is 1. The van der Waals surface area contributed by atoms with Gasteiger partial charge in [-0.25, -0.2) is 18.7 Å². The van der Waals surface area contributed by atoms with Gasteiger partial charge in [-0.2, -0.15) is 0 Å². The number of halogens is 2. The molecule has 0 amide bonds. The van der Waals surface area contributed by atoms with Crippen molar-refractivity contribution in [2.24, 2.45) is 0 Å². The lowest BCUT2D eigenvalue weighted by Gasteiger charge is -2.09. The molecule has 0 bridgehead atoms. The lowest BCUT2D eigenvalue weighted by Crippen LogP contribution is -2.09. The van der Waals surface area contributed by atoms with Gasteiger partial charge >= 0.3 is 0 Å². The zero-order valence-electron chi connectivity index (χ0n) is 10.5. The number of nitrogens with one attached hydrogen (secondary N) is 1. The molecule has 0 atom stereocenters. The van der Waals surface area contributed by atoms with Crippen LogP contribution in [0, 0.1) is 18.6 Å². The molecule has 19 heavy (non-hydrogen) atoms. The zero-order valence-corrected chi connectivity index (χ0v) is 10.5. The normalized spacial score (nSPS) is 10.5. The van der Waals surface area contributed by atoms with Gasteiger partial charge in [-0.15, -0.1) is 0 Å². The van der Waals surface area contributed by atoms with Gasteiger partial charge in [0.15, 0.2) is 0 Å². The van der Waals surface area contributed by atoms with Crippen molar-refractivity contribution in [3.8, 4) is 0 Å². The van der Waals surface area contributed by atoms with Gasteiger partial charge in [0, 0.05) is 18.2 Å². The highest BCUT2D eigenvalue weighted by molar-refractivity contribution is 5.53. The Balaban J connectivity index is 1.98. The lowest BCUT2D eigenvalue weighted by atomic mass is 10.1. The van der Waals surface area contributed by atoms with E-state index in [0.29, 0.717) is 30.2 Å². The van der Waals surface area contributed by atoms with Gasteiger partial charge in [0.2, 0.25) is 0 Å². The third-order valence-corrected chi connectivity index (χ3v) is 2.75. The maximum absolute atomic E-state index is 13.0. The molecule has 1 heterocycles. The minimum atomic E-state index is -0.572. The van der Waals surface area contributed by atoms with E-state index >= 15 is 0 Å². The van der Waals surface area contributed by atoms with Gasteiger partial charge in [-0.1, -0.05) is 0 Å². The standard InChI is InChI=1S/C13H14F2N4/c1-8-12(16)18-7-19-13(8)17-3-2-9-4-10(14)6-11(15)5-9/h4-7H,2-3H2,1H3,(H3,16,17,18,19). The first-order valence-corrected chi connectivity index (χ1v) is 5.82. The molecular formula is C13H14F2N4. The number of aromatic nitrogens is 2. The molecule has 0 saturated heterocycles. The first-order chi connectivity index (χ1) is 9.06. The van der Waals surface area contributed by atoms with E-state index in [1.54, 1.807) is 6.92 Å². The number of nitrogens with zero attached hydrogens (tertiary/aromatic N) is 2. The molecule has 0 aliphatic carbocycles. The SMILES string of the molecule is Cc1c(N)ncnc1NCCc1cc(F)cc(F)c1. The van der Waals surface area contributed by atoms with E-state index in [9.17, 15) is 8.78 Å². The Kier molecular flexibility index (Phi) is 3.89. The van der Waals surface area contributed by atoms with Crippen LogP contribution in [0.4, 0.5) is 20.4 Å². The third kappa shape index (κ3) is 3.37. The molecule has 0 aliphatic heterocycles. The van der Waals surface area contributed by atoms with Crippen LogP contribution in [0.5, 0.6) is 0 Å². The van der Waals surface area contributed by atoms with E-state index in [0.717, 1.165) is 11.6 Å². The van der Waals surface area contributed by atoms with Crippen LogP contribution >= 0.6 is 0 Å². The number of hydrogen-bond acceptors (Lipinski definition) is 4. The summed E-state index contributed by atoms with van der Waals surface area (Å²) in [6.07, 6.45) is 1.85. The summed E-state index contributed by atoms with van der Waals surface area (Å²) in [6, 6.07) is 3.48. The minimum absolute atomic E-state index is 0.411. The van der Waals surface area contributed by atoms with Crippen molar-refractivity contribution < 1.29 is 8.78 Å². The summed E-state index contributed by atoms with van der Waals surface area (Å²) in [5, 5.41) is 3.07. The monoisotopic (exact) mass is 264 g/mol. The Bertz CT molecular complexity index is 567. The molecule has 4 nitrogen and oxygen atoms in total. The molecule has 0 spiro atoms. The van der Waals surface area contributed by atoms with Crippen molar-refractivity contribution in [3.05, 3.63) is 47.3 Å². The van der Waals surface area contributed by atoms with Crippen LogP contribution in [0.2, 0.25) is 0 Å². The van der Waals surface area contributed by atoms with E-state index in [4.69, 9.17) is 5.73 Å². The molecule has 0 unspecified atom stereocenters. The summed E-state index contributed by atoms with van der Waals surface area (Å²) < 4.78 is 26.0. The molecule has 2 rings (SSSR count). The average Bonchev–Trinajstić information content (AvgIpc) is 2.33. The fourth-order valence-electron chi connectivity index (χ4n) is 1.72. The first-order valence-electron chi connectivity index (χ1n) is 5.82. The summed E-state index contributed by atoms with van der Waals surface area (Å²) in [7, 11) is 0. The van der Waals surface area contributed by atoms with E-state index in [-0.39, 0.29) is 0 Å².